The van der Waals surface area contributed by atoms with Gasteiger partial charge in [-0.15, -0.1) is 0 Å². The molecule has 3 atom stereocenters. The van der Waals surface area contributed by atoms with E-state index in [0.29, 0.717) is 16.8 Å². The molecule has 0 radical (unpaired) electrons. The first kappa shape index (κ1) is 11.2. The molecule has 1 aliphatic carbocycles. The van der Waals surface area contributed by atoms with Crippen molar-refractivity contribution >= 4 is 22.0 Å². The first-order valence-corrected chi connectivity index (χ1v) is 6.44. The summed E-state index contributed by atoms with van der Waals surface area (Å²) in [4.78, 5) is 14.2. The Hall–Kier alpha value is -0.250. The van der Waals surface area contributed by atoms with Gasteiger partial charge < -0.3 is 9.64 Å². The molecule has 3 nitrogen and oxygen atoms in total. The van der Waals surface area contributed by atoms with E-state index in [1.54, 1.807) is 0 Å². The molecule has 15 heavy (non-hydrogen) atoms. The number of rotatable bonds is 0. The molecule has 2 bridgehead atoms. The van der Waals surface area contributed by atoms with Crippen molar-refractivity contribution in [1.29, 1.82) is 0 Å². The predicted molar refractivity (Wildman–Crippen MR) is 62.2 cm³/mol. The molecule has 86 valence electrons. The minimum Gasteiger partial charge on any atom is -0.444 e. The van der Waals surface area contributed by atoms with E-state index >= 15 is 0 Å². The van der Waals surface area contributed by atoms with Gasteiger partial charge in [-0.1, -0.05) is 15.9 Å². The van der Waals surface area contributed by atoms with Crippen LogP contribution in [0.1, 0.15) is 33.6 Å². The molecule has 2 aliphatic rings. The number of hydrogen-bond acceptors (Lipinski definition) is 2. The molecule has 4 heteroatoms. The van der Waals surface area contributed by atoms with Crippen LogP contribution in [0.3, 0.4) is 0 Å². The molecule has 0 aromatic carbocycles. The maximum Gasteiger partial charge on any atom is 0.410 e. The van der Waals surface area contributed by atoms with Gasteiger partial charge in [-0.25, -0.2) is 4.79 Å². The topological polar surface area (TPSA) is 29.5 Å². The summed E-state index contributed by atoms with van der Waals surface area (Å²) >= 11 is 3.67. The first-order valence-electron chi connectivity index (χ1n) is 5.52. The molecule has 2 fully saturated rings. The standard InChI is InChI=1S/C11H18BrNO2/c1-11(2,3)15-10(14)13-6-7-4-5-8(13)9(7)12/h7-9H,4-6H2,1-3H3/t7-,8+,9+/m0/s1. The van der Waals surface area contributed by atoms with E-state index in [1.807, 2.05) is 25.7 Å². The van der Waals surface area contributed by atoms with Crippen LogP contribution in [0.4, 0.5) is 4.79 Å². The van der Waals surface area contributed by atoms with Crippen LogP contribution in [0.25, 0.3) is 0 Å². The van der Waals surface area contributed by atoms with Gasteiger partial charge in [-0.3, -0.25) is 0 Å². The Labute approximate surface area is 99.3 Å². The summed E-state index contributed by atoms with van der Waals surface area (Å²) in [6.45, 7) is 6.58. The normalized spacial score (nSPS) is 34.7. The van der Waals surface area contributed by atoms with Crippen LogP contribution in [0.5, 0.6) is 0 Å². The molecule has 0 aromatic heterocycles. The van der Waals surface area contributed by atoms with Gasteiger partial charge in [-0.2, -0.15) is 0 Å². The number of carbonyl (C=O) groups is 1. The highest BCUT2D eigenvalue weighted by Gasteiger charge is 2.48. The summed E-state index contributed by atoms with van der Waals surface area (Å²) in [6.07, 6.45) is 2.19. The maximum absolute atomic E-state index is 11.9. The molecule has 1 amide bonds. The summed E-state index contributed by atoms with van der Waals surface area (Å²) in [6, 6.07) is 0.352. The van der Waals surface area contributed by atoms with Gasteiger partial charge in [0.05, 0.1) is 0 Å². The predicted octanol–water partition coefficient (Wildman–Crippen LogP) is 2.78. The van der Waals surface area contributed by atoms with Crippen LogP contribution in [-0.2, 0) is 4.74 Å². The molecular formula is C11H18BrNO2. The highest BCUT2D eigenvalue weighted by atomic mass is 79.9. The van der Waals surface area contributed by atoms with E-state index in [0.717, 1.165) is 13.0 Å². The minimum atomic E-state index is -0.388. The van der Waals surface area contributed by atoms with E-state index in [-0.39, 0.29) is 11.7 Å². The maximum atomic E-state index is 11.9. The zero-order valence-electron chi connectivity index (χ0n) is 9.50. The second-order valence-corrected chi connectivity index (χ2v) is 6.54. The number of carbonyl (C=O) groups excluding carboxylic acids is 1. The van der Waals surface area contributed by atoms with Crippen LogP contribution in [-0.4, -0.2) is 34.0 Å². The van der Waals surface area contributed by atoms with Crippen molar-refractivity contribution in [3.63, 3.8) is 0 Å². The van der Waals surface area contributed by atoms with Gasteiger partial charge in [0.1, 0.15) is 5.60 Å². The van der Waals surface area contributed by atoms with E-state index in [1.165, 1.54) is 6.42 Å². The van der Waals surface area contributed by atoms with Gasteiger partial charge in [0.15, 0.2) is 0 Å². The van der Waals surface area contributed by atoms with E-state index in [4.69, 9.17) is 4.74 Å². The zero-order valence-corrected chi connectivity index (χ0v) is 11.1. The Morgan fingerprint density at radius 1 is 1.40 bits per heavy atom. The van der Waals surface area contributed by atoms with Gasteiger partial charge in [-0.05, 0) is 39.5 Å². The highest BCUT2D eigenvalue weighted by molar-refractivity contribution is 9.09. The number of alkyl halides is 1. The van der Waals surface area contributed by atoms with E-state index in [2.05, 4.69) is 15.9 Å². The molecule has 0 N–H and O–H groups in total. The SMILES string of the molecule is CC(C)(C)OC(=O)N1C[C@@H]2CC[C@@H]1[C@@H]2Br. The number of nitrogens with zero attached hydrogens (tertiary/aromatic N) is 1. The second kappa shape index (κ2) is 3.65. The molecule has 2 rings (SSSR count). The van der Waals surface area contributed by atoms with Crippen LogP contribution in [0.2, 0.25) is 0 Å². The summed E-state index contributed by atoms with van der Waals surface area (Å²) in [5.41, 5.74) is -0.388. The molecular weight excluding hydrogens is 258 g/mol. The zero-order chi connectivity index (χ0) is 11.2. The van der Waals surface area contributed by atoms with Crippen LogP contribution in [0.15, 0.2) is 0 Å². The summed E-state index contributed by atoms with van der Waals surface area (Å²) in [7, 11) is 0. The summed E-state index contributed by atoms with van der Waals surface area (Å²) < 4.78 is 5.39. The molecule has 0 aromatic rings. The van der Waals surface area contributed by atoms with Gasteiger partial charge >= 0.3 is 6.09 Å². The number of likely N-dealkylation sites (tertiary alicyclic amines) is 1. The van der Waals surface area contributed by atoms with Crippen LogP contribution in [0, 0.1) is 5.92 Å². The van der Waals surface area contributed by atoms with Gasteiger partial charge in [0, 0.05) is 17.4 Å². The van der Waals surface area contributed by atoms with Crippen molar-refractivity contribution in [1.82, 2.24) is 4.90 Å². The molecule has 1 heterocycles. The van der Waals surface area contributed by atoms with Crippen molar-refractivity contribution in [3.8, 4) is 0 Å². The number of halogens is 1. The Morgan fingerprint density at radius 3 is 2.47 bits per heavy atom. The largest absolute Gasteiger partial charge is 0.444 e. The first-order chi connectivity index (χ1) is 6.88. The third-order valence-corrected chi connectivity index (χ3v) is 4.47. The van der Waals surface area contributed by atoms with Crippen LogP contribution >= 0.6 is 15.9 Å². The number of amides is 1. The lowest BCUT2D eigenvalue weighted by Gasteiger charge is -2.30. The molecule has 1 saturated heterocycles. The Bertz CT molecular complexity index is 274. The Morgan fingerprint density at radius 2 is 2.07 bits per heavy atom. The lowest BCUT2D eigenvalue weighted by atomic mass is 10.1. The van der Waals surface area contributed by atoms with Gasteiger partial charge in [0.2, 0.25) is 0 Å². The van der Waals surface area contributed by atoms with Crippen molar-refractivity contribution in [2.75, 3.05) is 6.54 Å². The highest BCUT2D eigenvalue weighted by Crippen LogP contribution is 2.42. The quantitative estimate of drug-likeness (QED) is 0.637. The monoisotopic (exact) mass is 275 g/mol. The lowest BCUT2D eigenvalue weighted by molar-refractivity contribution is 0.0192. The fourth-order valence-corrected chi connectivity index (χ4v) is 3.44. The molecule has 0 unspecified atom stereocenters. The Balaban J connectivity index is 1.99. The van der Waals surface area contributed by atoms with Crippen molar-refractivity contribution in [2.24, 2.45) is 5.92 Å². The van der Waals surface area contributed by atoms with Crippen molar-refractivity contribution < 1.29 is 9.53 Å². The number of hydrogen-bond donors (Lipinski definition) is 0. The summed E-state index contributed by atoms with van der Waals surface area (Å²) in [5.74, 6) is 0.627. The van der Waals surface area contributed by atoms with Crippen LogP contribution < -0.4 is 0 Å². The fourth-order valence-electron chi connectivity index (χ4n) is 2.46. The number of ether oxygens (including phenoxy) is 1. The van der Waals surface area contributed by atoms with E-state index in [9.17, 15) is 4.79 Å². The third-order valence-electron chi connectivity index (χ3n) is 3.11. The minimum absolute atomic E-state index is 0.154. The lowest BCUT2D eigenvalue weighted by Crippen LogP contribution is -2.42. The third kappa shape index (κ3) is 2.14. The summed E-state index contributed by atoms with van der Waals surface area (Å²) in [5, 5.41) is 0. The smallest absolute Gasteiger partial charge is 0.410 e. The van der Waals surface area contributed by atoms with Crippen molar-refractivity contribution in [3.05, 3.63) is 0 Å². The Kier molecular flexibility index (Phi) is 2.73. The average Bonchev–Trinajstić information content (AvgIpc) is 2.59. The fraction of sp³-hybridized carbons (Fsp3) is 0.909. The van der Waals surface area contributed by atoms with Gasteiger partial charge in [0.25, 0.3) is 0 Å². The second-order valence-electron chi connectivity index (χ2n) is 5.48. The average molecular weight is 276 g/mol. The van der Waals surface area contributed by atoms with E-state index < -0.39 is 0 Å². The molecule has 1 aliphatic heterocycles. The molecule has 0 spiro atoms. The molecule has 1 saturated carbocycles. The number of piperidine rings is 1. The van der Waals surface area contributed by atoms with Crippen molar-refractivity contribution in [2.45, 2.75) is 50.1 Å². The number of fused-ring (bicyclic) bond motifs is 2.